The summed E-state index contributed by atoms with van der Waals surface area (Å²) >= 11 is 1.24. The van der Waals surface area contributed by atoms with Gasteiger partial charge in [-0.25, -0.2) is 0 Å². The molecule has 0 amide bonds. The highest BCUT2D eigenvalue weighted by atomic mass is 32.1. The van der Waals surface area contributed by atoms with E-state index in [1.54, 1.807) is 19.2 Å². The van der Waals surface area contributed by atoms with Gasteiger partial charge >= 0.3 is 5.97 Å². The van der Waals surface area contributed by atoms with Crippen LogP contribution in [0.5, 0.6) is 11.6 Å². The molecule has 0 N–H and O–H groups in total. The first-order valence-corrected chi connectivity index (χ1v) is 13.8. The van der Waals surface area contributed by atoms with Crippen molar-refractivity contribution in [3.05, 3.63) is 41.6 Å². The molecule has 0 spiro atoms. The van der Waals surface area contributed by atoms with E-state index >= 15 is 0 Å². The number of carbonyl (C=O) groups excluding carboxylic acids is 2. The third-order valence-electron chi connectivity index (χ3n) is 6.54. The Morgan fingerprint density at radius 2 is 2.00 bits per heavy atom. The normalized spacial score (nSPS) is 17.7. The van der Waals surface area contributed by atoms with Gasteiger partial charge in [0.25, 0.3) is 5.88 Å². The predicted octanol–water partition coefficient (Wildman–Crippen LogP) is 5.47. The first-order valence-electron chi connectivity index (χ1n) is 13.1. The summed E-state index contributed by atoms with van der Waals surface area (Å²) in [6.45, 7) is 8.43. The van der Waals surface area contributed by atoms with Crippen molar-refractivity contribution in [3.8, 4) is 11.6 Å². The Labute approximate surface area is 225 Å². The van der Waals surface area contributed by atoms with Gasteiger partial charge in [-0.2, -0.15) is 4.37 Å². The minimum Gasteiger partial charge on any atom is -0.475 e. The van der Waals surface area contributed by atoms with Crippen LogP contribution in [-0.2, 0) is 20.7 Å². The van der Waals surface area contributed by atoms with Gasteiger partial charge in [0, 0.05) is 39.4 Å². The van der Waals surface area contributed by atoms with Gasteiger partial charge < -0.3 is 19.0 Å². The van der Waals surface area contributed by atoms with Crippen LogP contribution in [0.1, 0.15) is 70.6 Å². The molecule has 1 aliphatic rings. The number of para-hydroxylation sites is 1. The maximum atomic E-state index is 10.7. The molecule has 2 unspecified atom stereocenters. The number of rotatable bonds is 13. The third kappa shape index (κ3) is 9.98. The Morgan fingerprint density at radius 3 is 2.70 bits per heavy atom. The van der Waals surface area contributed by atoms with Gasteiger partial charge in [-0.05, 0) is 24.5 Å². The largest absolute Gasteiger partial charge is 0.475 e. The SMILES string of the molecule is CC(=O)Oc1ccccc1CCC=O.CCCCCCOc1nsnc1C1=CCC[N+](C)(C(C)OC)C1. The molecule has 1 aliphatic heterocycles. The van der Waals surface area contributed by atoms with E-state index in [0.29, 0.717) is 24.5 Å². The molecule has 0 fully saturated rings. The molecule has 2 heterocycles. The molecule has 8 nitrogen and oxygen atoms in total. The minimum absolute atomic E-state index is 0.170. The summed E-state index contributed by atoms with van der Waals surface area (Å²) in [5.41, 5.74) is 3.05. The summed E-state index contributed by atoms with van der Waals surface area (Å²) in [5.74, 6) is 0.904. The standard InChI is InChI=1S/C17H30N3O2S.C11H12O3/c1-5-6-7-8-12-22-17-16(18-23-19-17)15-10-9-11-20(3,13-15)14(2)21-4;1-9(13)14-11-7-3-2-5-10(11)6-4-8-12/h10,14H,5-9,11-13H2,1-4H3;2-3,5,7-8H,4,6H2,1H3/q+1;. The lowest BCUT2D eigenvalue weighted by molar-refractivity contribution is -0.946. The number of unbranched alkanes of at least 4 members (excludes halogenated alkanes) is 3. The fourth-order valence-electron chi connectivity index (χ4n) is 4.15. The van der Waals surface area contributed by atoms with Crippen molar-refractivity contribution in [3.63, 3.8) is 0 Å². The third-order valence-corrected chi connectivity index (χ3v) is 7.05. The van der Waals surface area contributed by atoms with Crippen LogP contribution in [-0.4, -0.2) is 65.6 Å². The summed E-state index contributed by atoms with van der Waals surface area (Å²) in [7, 11) is 4.02. The highest BCUT2D eigenvalue weighted by Crippen LogP contribution is 2.31. The Hall–Kier alpha value is -2.62. The number of aryl methyl sites for hydroxylation is 1. The van der Waals surface area contributed by atoms with E-state index in [1.165, 1.54) is 43.5 Å². The maximum absolute atomic E-state index is 10.7. The van der Waals surface area contributed by atoms with Gasteiger partial charge in [-0.15, -0.1) is 4.37 Å². The maximum Gasteiger partial charge on any atom is 0.308 e. The highest BCUT2D eigenvalue weighted by Gasteiger charge is 2.34. The molecular formula is C28H42N3O5S+. The molecule has 37 heavy (non-hydrogen) atoms. The second-order valence-electron chi connectivity index (χ2n) is 9.45. The monoisotopic (exact) mass is 532 g/mol. The number of benzene rings is 1. The van der Waals surface area contributed by atoms with Crippen molar-refractivity contribution in [1.82, 2.24) is 8.75 Å². The topological polar surface area (TPSA) is 87.6 Å². The summed E-state index contributed by atoms with van der Waals surface area (Å²) in [6, 6.07) is 7.22. The van der Waals surface area contributed by atoms with Gasteiger partial charge in [-0.3, -0.25) is 9.28 Å². The van der Waals surface area contributed by atoms with E-state index in [0.717, 1.165) is 54.6 Å². The lowest BCUT2D eigenvalue weighted by atomic mass is 10.0. The van der Waals surface area contributed by atoms with E-state index < -0.39 is 0 Å². The molecule has 9 heteroatoms. The fraction of sp³-hybridized carbons (Fsp3) is 0.571. The molecule has 0 aliphatic carbocycles. The van der Waals surface area contributed by atoms with Gasteiger partial charge in [-0.1, -0.05) is 50.5 Å². The molecule has 3 rings (SSSR count). The first-order chi connectivity index (χ1) is 17.8. The Kier molecular flexibility index (Phi) is 13.5. The number of methoxy groups -OCH3 is 1. The number of hydrogen-bond donors (Lipinski definition) is 0. The fourth-order valence-corrected chi connectivity index (χ4v) is 4.68. The Balaban J connectivity index is 0.000000294. The Bertz CT molecular complexity index is 1010. The molecule has 0 bridgehead atoms. The summed E-state index contributed by atoms with van der Waals surface area (Å²) < 4.78 is 26.2. The predicted molar refractivity (Wildman–Crippen MR) is 147 cm³/mol. The average Bonchev–Trinajstić information content (AvgIpc) is 3.36. The van der Waals surface area contributed by atoms with Crippen molar-refractivity contribution in [1.29, 1.82) is 0 Å². The summed E-state index contributed by atoms with van der Waals surface area (Å²) in [4.78, 5) is 21.0. The number of likely N-dealkylation sites (N-methyl/N-ethyl adjacent to an activating group) is 1. The molecule has 0 saturated heterocycles. The van der Waals surface area contributed by atoms with Crippen LogP contribution in [0.15, 0.2) is 30.3 Å². The van der Waals surface area contributed by atoms with Crippen LogP contribution in [0.25, 0.3) is 5.57 Å². The lowest BCUT2D eigenvalue weighted by Gasteiger charge is -2.41. The van der Waals surface area contributed by atoms with E-state index in [9.17, 15) is 9.59 Å². The minimum atomic E-state index is -0.344. The second kappa shape index (κ2) is 16.3. The van der Waals surface area contributed by atoms with Crippen LogP contribution in [0.4, 0.5) is 0 Å². The molecule has 204 valence electrons. The number of esters is 1. The number of aldehydes is 1. The molecular weight excluding hydrogens is 490 g/mol. The van der Waals surface area contributed by atoms with Crippen LogP contribution < -0.4 is 9.47 Å². The quantitative estimate of drug-likeness (QED) is 0.111. The molecule has 1 aromatic heterocycles. The van der Waals surface area contributed by atoms with Crippen molar-refractivity contribution in [2.24, 2.45) is 0 Å². The van der Waals surface area contributed by atoms with Crippen LogP contribution in [0.2, 0.25) is 0 Å². The van der Waals surface area contributed by atoms with E-state index in [2.05, 4.69) is 35.7 Å². The van der Waals surface area contributed by atoms with Crippen molar-refractivity contribution < 1.29 is 28.3 Å². The second-order valence-corrected chi connectivity index (χ2v) is 9.98. The van der Waals surface area contributed by atoms with Crippen molar-refractivity contribution >= 4 is 29.6 Å². The first kappa shape index (κ1) is 30.6. The Morgan fingerprint density at radius 1 is 1.22 bits per heavy atom. The number of aromatic nitrogens is 2. The van der Waals surface area contributed by atoms with Crippen LogP contribution >= 0.6 is 11.7 Å². The van der Waals surface area contributed by atoms with Gasteiger partial charge in [0.2, 0.25) is 0 Å². The zero-order valence-electron chi connectivity index (χ0n) is 22.9. The molecule has 1 aromatic carbocycles. The zero-order valence-corrected chi connectivity index (χ0v) is 23.7. The number of quaternary nitrogens is 1. The van der Waals surface area contributed by atoms with Gasteiger partial charge in [0.05, 0.1) is 31.9 Å². The molecule has 2 aromatic rings. The molecule has 0 radical (unpaired) electrons. The smallest absolute Gasteiger partial charge is 0.308 e. The number of carbonyl (C=O) groups is 2. The van der Waals surface area contributed by atoms with Gasteiger partial charge in [0.15, 0.2) is 6.23 Å². The number of hydrogen-bond acceptors (Lipinski definition) is 8. The van der Waals surface area contributed by atoms with Crippen molar-refractivity contribution in [2.45, 2.75) is 71.9 Å². The van der Waals surface area contributed by atoms with Crippen LogP contribution in [0.3, 0.4) is 0 Å². The van der Waals surface area contributed by atoms with E-state index in [4.69, 9.17) is 14.2 Å². The molecule has 2 atom stereocenters. The lowest BCUT2D eigenvalue weighted by Crippen LogP contribution is -2.54. The average molecular weight is 533 g/mol. The number of nitrogens with zero attached hydrogens (tertiary/aromatic N) is 3. The van der Waals surface area contributed by atoms with Crippen LogP contribution in [0, 0.1) is 0 Å². The zero-order chi connectivity index (χ0) is 27.1. The van der Waals surface area contributed by atoms with E-state index in [1.807, 2.05) is 12.1 Å². The summed E-state index contributed by atoms with van der Waals surface area (Å²) in [6.07, 6.45) is 10.2. The molecule has 0 saturated carbocycles. The van der Waals surface area contributed by atoms with E-state index in [-0.39, 0.29) is 12.2 Å². The number of ether oxygens (including phenoxy) is 3. The highest BCUT2D eigenvalue weighted by molar-refractivity contribution is 6.99. The van der Waals surface area contributed by atoms with Gasteiger partial charge in [0.1, 0.15) is 24.3 Å². The van der Waals surface area contributed by atoms with Crippen molar-refractivity contribution in [2.75, 3.05) is 33.9 Å². The summed E-state index contributed by atoms with van der Waals surface area (Å²) in [5, 5.41) is 0.